The summed E-state index contributed by atoms with van der Waals surface area (Å²) in [5, 5.41) is 0. The van der Waals surface area contributed by atoms with Crippen molar-refractivity contribution in [2.45, 2.75) is 19.8 Å². The molecule has 70 valence electrons. The molecule has 1 saturated heterocycles. The Morgan fingerprint density at radius 3 is 3.00 bits per heavy atom. The second-order valence-electron chi connectivity index (χ2n) is 3.13. The summed E-state index contributed by atoms with van der Waals surface area (Å²) in [4.78, 5) is 13.3. The average molecular weight is 171 g/mol. The topological polar surface area (TPSA) is 29.5 Å². The van der Waals surface area contributed by atoms with Gasteiger partial charge in [0, 0.05) is 26.1 Å². The lowest BCUT2D eigenvalue weighted by molar-refractivity contribution is -0.119. The molecule has 0 aromatic rings. The highest BCUT2D eigenvalue weighted by Crippen LogP contribution is 1.99. The van der Waals surface area contributed by atoms with Crippen LogP contribution in [0.5, 0.6) is 0 Å². The molecule has 3 nitrogen and oxygen atoms in total. The first-order valence-corrected chi connectivity index (χ1v) is 4.64. The predicted octanol–water partition coefficient (Wildman–Crippen LogP) is 0.688. The van der Waals surface area contributed by atoms with Crippen molar-refractivity contribution in [1.82, 2.24) is 4.90 Å². The largest absolute Gasteiger partial charge is 0.380 e. The number of hydrogen-bond donors (Lipinski definition) is 0. The number of carbonyl (C=O) groups excluding carboxylic acids is 1. The molecule has 0 bridgehead atoms. The third kappa shape index (κ3) is 3.32. The molecule has 0 amide bonds. The Morgan fingerprint density at radius 1 is 1.42 bits per heavy atom. The Labute approximate surface area is 73.7 Å². The summed E-state index contributed by atoms with van der Waals surface area (Å²) in [6.07, 6.45) is 1.70. The first-order valence-electron chi connectivity index (χ1n) is 4.64. The smallest absolute Gasteiger partial charge is 0.146 e. The van der Waals surface area contributed by atoms with Gasteiger partial charge in [-0.1, -0.05) is 6.92 Å². The van der Waals surface area contributed by atoms with Crippen LogP contribution in [0.4, 0.5) is 0 Å². The highest BCUT2D eigenvalue weighted by molar-refractivity contribution is 5.80. The maximum Gasteiger partial charge on any atom is 0.146 e. The molecule has 0 aromatic heterocycles. The maximum atomic E-state index is 11.1. The van der Waals surface area contributed by atoms with Crippen molar-refractivity contribution in [3.8, 4) is 0 Å². The van der Waals surface area contributed by atoms with Crippen molar-refractivity contribution in [3.63, 3.8) is 0 Å². The zero-order valence-corrected chi connectivity index (χ0v) is 7.71. The molecule has 0 aliphatic carbocycles. The fourth-order valence-corrected chi connectivity index (χ4v) is 1.32. The van der Waals surface area contributed by atoms with E-state index >= 15 is 0 Å². The van der Waals surface area contributed by atoms with Gasteiger partial charge in [0.05, 0.1) is 13.2 Å². The summed E-state index contributed by atoms with van der Waals surface area (Å²) in [7, 11) is 0. The van der Waals surface area contributed by atoms with Gasteiger partial charge in [-0.05, 0) is 6.42 Å². The fraction of sp³-hybridized carbons (Fsp3) is 0.889. The lowest BCUT2D eigenvalue weighted by Crippen LogP contribution is -2.31. The molecule has 0 N–H and O–H groups in total. The molecule has 1 heterocycles. The van der Waals surface area contributed by atoms with Gasteiger partial charge in [0.1, 0.15) is 5.78 Å². The quantitative estimate of drug-likeness (QED) is 0.625. The van der Waals surface area contributed by atoms with Crippen LogP contribution in [0.15, 0.2) is 0 Å². The van der Waals surface area contributed by atoms with Gasteiger partial charge in [-0.25, -0.2) is 0 Å². The number of rotatable bonds is 3. The van der Waals surface area contributed by atoms with Crippen LogP contribution in [0.25, 0.3) is 0 Å². The van der Waals surface area contributed by atoms with Gasteiger partial charge in [-0.3, -0.25) is 9.69 Å². The first-order chi connectivity index (χ1) is 5.83. The van der Waals surface area contributed by atoms with E-state index in [1.54, 1.807) is 0 Å². The molecule has 1 aliphatic heterocycles. The summed E-state index contributed by atoms with van der Waals surface area (Å²) in [6, 6.07) is 0. The predicted molar refractivity (Wildman–Crippen MR) is 47.2 cm³/mol. The third-order valence-corrected chi connectivity index (χ3v) is 2.11. The van der Waals surface area contributed by atoms with Gasteiger partial charge in [0.2, 0.25) is 0 Å². The number of Topliss-reactive ketones (excluding diaryl/α,β-unsaturated/α-hetero) is 1. The van der Waals surface area contributed by atoms with Crippen LogP contribution in [0.2, 0.25) is 0 Å². The molecule has 1 fully saturated rings. The van der Waals surface area contributed by atoms with Crippen LogP contribution in [0.3, 0.4) is 0 Å². The Hall–Kier alpha value is -0.410. The van der Waals surface area contributed by atoms with Gasteiger partial charge >= 0.3 is 0 Å². The molecular weight excluding hydrogens is 154 g/mol. The highest BCUT2D eigenvalue weighted by Gasteiger charge is 2.11. The molecule has 0 atom stereocenters. The minimum Gasteiger partial charge on any atom is -0.380 e. The van der Waals surface area contributed by atoms with Gasteiger partial charge in [0.25, 0.3) is 0 Å². The summed E-state index contributed by atoms with van der Waals surface area (Å²) in [5.41, 5.74) is 0. The van der Waals surface area contributed by atoms with E-state index in [4.69, 9.17) is 4.74 Å². The van der Waals surface area contributed by atoms with Crippen molar-refractivity contribution >= 4 is 5.78 Å². The van der Waals surface area contributed by atoms with E-state index in [-0.39, 0.29) is 0 Å². The molecule has 3 heteroatoms. The van der Waals surface area contributed by atoms with Gasteiger partial charge in [-0.15, -0.1) is 0 Å². The van der Waals surface area contributed by atoms with E-state index in [9.17, 15) is 4.79 Å². The third-order valence-electron chi connectivity index (χ3n) is 2.11. The van der Waals surface area contributed by atoms with Crippen LogP contribution >= 0.6 is 0 Å². The standard InChI is InChI=1S/C9H17NO2/c1-2-9(11)8-10-4-3-6-12-7-5-10/h2-8H2,1H3. The Balaban J connectivity index is 2.24. The van der Waals surface area contributed by atoms with Crippen LogP contribution in [-0.2, 0) is 9.53 Å². The molecule has 1 rings (SSSR count). The summed E-state index contributed by atoms with van der Waals surface area (Å²) in [6.45, 7) is 6.06. The lowest BCUT2D eigenvalue weighted by Gasteiger charge is -2.17. The molecular formula is C9H17NO2. The zero-order valence-electron chi connectivity index (χ0n) is 7.71. The lowest BCUT2D eigenvalue weighted by atomic mass is 10.3. The molecule has 0 radical (unpaired) electrons. The van der Waals surface area contributed by atoms with Crippen molar-refractivity contribution in [2.75, 3.05) is 32.8 Å². The Kier molecular flexibility index (Phi) is 4.25. The molecule has 0 unspecified atom stereocenters. The van der Waals surface area contributed by atoms with Crippen molar-refractivity contribution < 1.29 is 9.53 Å². The monoisotopic (exact) mass is 171 g/mol. The molecule has 0 aromatic carbocycles. The SMILES string of the molecule is CCC(=O)CN1CCCOCC1. The highest BCUT2D eigenvalue weighted by atomic mass is 16.5. The van der Waals surface area contributed by atoms with E-state index in [1.165, 1.54) is 0 Å². The second-order valence-corrected chi connectivity index (χ2v) is 3.13. The number of nitrogens with zero attached hydrogens (tertiary/aromatic N) is 1. The maximum absolute atomic E-state index is 11.1. The van der Waals surface area contributed by atoms with Crippen molar-refractivity contribution in [3.05, 3.63) is 0 Å². The average Bonchev–Trinajstić information content (AvgIpc) is 2.33. The summed E-state index contributed by atoms with van der Waals surface area (Å²) < 4.78 is 5.29. The van der Waals surface area contributed by atoms with Crippen LogP contribution in [0, 0.1) is 0 Å². The van der Waals surface area contributed by atoms with Crippen LogP contribution in [-0.4, -0.2) is 43.5 Å². The Morgan fingerprint density at radius 2 is 2.25 bits per heavy atom. The molecule has 0 spiro atoms. The summed E-state index contributed by atoms with van der Waals surface area (Å²) >= 11 is 0. The normalized spacial score (nSPS) is 20.4. The van der Waals surface area contributed by atoms with Crippen molar-refractivity contribution in [1.29, 1.82) is 0 Å². The second kappa shape index (κ2) is 5.27. The van der Waals surface area contributed by atoms with E-state index < -0.39 is 0 Å². The van der Waals surface area contributed by atoms with Crippen LogP contribution in [0.1, 0.15) is 19.8 Å². The number of hydrogen-bond acceptors (Lipinski definition) is 3. The Bertz CT molecular complexity index is 139. The number of ketones is 1. The number of ether oxygens (including phenoxy) is 1. The molecule has 0 saturated carbocycles. The van der Waals surface area contributed by atoms with Crippen molar-refractivity contribution in [2.24, 2.45) is 0 Å². The van der Waals surface area contributed by atoms with Crippen LogP contribution < -0.4 is 0 Å². The zero-order chi connectivity index (χ0) is 8.81. The van der Waals surface area contributed by atoms with Gasteiger partial charge < -0.3 is 4.74 Å². The molecule has 12 heavy (non-hydrogen) atoms. The summed E-state index contributed by atoms with van der Waals surface area (Å²) in [5.74, 6) is 0.330. The van der Waals surface area contributed by atoms with Gasteiger partial charge in [-0.2, -0.15) is 0 Å². The first kappa shape index (κ1) is 9.68. The minimum atomic E-state index is 0.330. The number of carbonyl (C=O) groups is 1. The van der Waals surface area contributed by atoms with E-state index in [2.05, 4.69) is 4.90 Å². The van der Waals surface area contributed by atoms with E-state index in [0.29, 0.717) is 18.7 Å². The van der Waals surface area contributed by atoms with E-state index in [1.807, 2.05) is 6.92 Å². The van der Waals surface area contributed by atoms with Gasteiger partial charge in [0.15, 0.2) is 0 Å². The minimum absolute atomic E-state index is 0.330. The fourth-order valence-electron chi connectivity index (χ4n) is 1.32. The molecule has 1 aliphatic rings. The van der Waals surface area contributed by atoms with E-state index in [0.717, 1.165) is 32.7 Å².